The van der Waals surface area contributed by atoms with Gasteiger partial charge in [0.2, 0.25) is 0 Å². The average Bonchev–Trinajstić information content (AvgIpc) is 3.24. The molecule has 0 radical (unpaired) electrons. The highest BCUT2D eigenvalue weighted by atomic mass is 127. The van der Waals surface area contributed by atoms with Crippen LogP contribution in [0.4, 0.5) is 14.5 Å². The molecule has 33 heavy (non-hydrogen) atoms. The van der Waals surface area contributed by atoms with Gasteiger partial charge in [0.15, 0.2) is 5.96 Å². The van der Waals surface area contributed by atoms with Crippen LogP contribution in [0, 0.1) is 11.6 Å². The van der Waals surface area contributed by atoms with Crippen LogP contribution in [-0.2, 0) is 6.54 Å². The summed E-state index contributed by atoms with van der Waals surface area (Å²) in [5.74, 6) is -0.550. The van der Waals surface area contributed by atoms with E-state index in [0.29, 0.717) is 44.2 Å². The Kier molecular flexibility index (Phi) is 10.8. The lowest BCUT2D eigenvalue weighted by atomic mass is 10.1. The van der Waals surface area contributed by atoms with Gasteiger partial charge in [-0.05, 0) is 49.6 Å². The Bertz CT molecular complexity index is 936. The normalized spacial score (nSPS) is 15.7. The Labute approximate surface area is 211 Å². The molecule has 6 nitrogen and oxygen atoms in total. The number of carbonyl (C=O) groups excluding carboxylic acids is 1. The SMILES string of the molecule is CCCNC(=O)c1cccc(CN=C(NCC)NC2CCN(c3c(F)cccc3F)C2)c1.I. The minimum absolute atomic E-state index is 0. The molecule has 1 aliphatic rings. The number of hydrogen-bond donors (Lipinski definition) is 3. The standard InChI is InChI=1S/C24H31F2N5O.HI/c1-3-12-28-23(32)18-8-5-7-17(14-18)15-29-24(27-4-2)30-19-11-13-31(16-19)22-20(25)9-6-10-21(22)26;/h5-10,14,19H,3-4,11-13,15-16H2,1-2H3,(H,28,32)(H2,27,29,30);1H. The minimum atomic E-state index is -0.547. The molecule has 0 spiro atoms. The summed E-state index contributed by atoms with van der Waals surface area (Å²) in [4.78, 5) is 18.6. The van der Waals surface area contributed by atoms with Crippen molar-refractivity contribution in [2.24, 2.45) is 4.99 Å². The van der Waals surface area contributed by atoms with Gasteiger partial charge in [-0.3, -0.25) is 4.79 Å². The zero-order valence-corrected chi connectivity index (χ0v) is 21.4. The van der Waals surface area contributed by atoms with Gasteiger partial charge in [-0.2, -0.15) is 0 Å². The fourth-order valence-electron chi connectivity index (χ4n) is 3.71. The largest absolute Gasteiger partial charge is 0.365 e. The number of guanidine groups is 1. The number of hydrogen-bond acceptors (Lipinski definition) is 3. The summed E-state index contributed by atoms with van der Waals surface area (Å²) in [5, 5.41) is 9.46. The van der Waals surface area contributed by atoms with E-state index < -0.39 is 11.6 Å². The fourth-order valence-corrected chi connectivity index (χ4v) is 3.71. The zero-order chi connectivity index (χ0) is 22.9. The number of para-hydroxylation sites is 1. The van der Waals surface area contributed by atoms with E-state index in [9.17, 15) is 13.6 Å². The summed E-state index contributed by atoms with van der Waals surface area (Å²) in [7, 11) is 0. The second-order valence-corrected chi connectivity index (χ2v) is 7.80. The van der Waals surface area contributed by atoms with Crippen molar-refractivity contribution >= 4 is 41.5 Å². The van der Waals surface area contributed by atoms with Gasteiger partial charge in [0.1, 0.15) is 17.3 Å². The number of benzene rings is 2. The average molecular weight is 571 g/mol. The maximum Gasteiger partial charge on any atom is 0.251 e. The lowest BCUT2D eigenvalue weighted by molar-refractivity contribution is 0.0953. The van der Waals surface area contributed by atoms with Gasteiger partial charge in [-0.1, -0.05) is 25.1 Å². The molecule has 180 valence electrons. The van der Waals surface area contributed by atoms with Crippen LogP contribution in [0.1, 0.15) is 42.6 Å². The van der Waals surface area contributed by atoms with Crippen molar-refractivity contribution in [3.63, 3.8) is 0 Å². The first-order valence-electron chi connectivity index (χ1n) is 11.1. The van der Waals surface area contributed by atoms with Gasteiger partial charge in [0, 0.05) is 37.8 Å². The van der Waals surface area contributed by atoms with Crippen molar-refractivity contribution in [1.29, 1.82) is 0 Å². The number of aliphatic imine (C=N–C) groups is 1. The van der Waals surface area contributed by atoms with Gasteiger partial charge < -0.3 is 20.9 Å². The van der Waals surface area contributed by atoms with E-state index in [1.165, 1.54) is 18.2 Å². The van der Waals surface area contributed by atoms with Crippen LogP contribution in [0.15, 0.2) is 47.5 Å². The van der Waals surface area contributed by atoms with E-state index >= 15 is 0 Å². The van der Waals surface area contributed by atoms with E-state index in [2.05, 4.69) is 20.9 Å². The van der Waals surface area contributed by atoms with Crippen molar-refractivity contribution < 1.29 is 13.6 Å². The highest BCUT2D eigenvalue weighted by molar-refractivity contribution is 14.0. The van der Waals surface area contributed by atoms with Crippen molar-refractivity contribution in [3.05, 3.63) is 65.2 Å². The van der Waals surface area contributed by atoms with E-state index in [4.69, 9.17) is 0 Å². The third-order valence-corrected chi connectivity index (χ3v) is 5.27. The number of halogens is 3. The molecular formula is C24H32F2IN5O. The lowest BCUT2D eigenvalue weighted by Crippen LogP contribution is -2.44. The Morgan fingerprint density at radius 1 is 1.12 bits per heavy atom. The molecule has 1 aliphatic heterocycles. The summed E-state index contributed by atoms with van der Waals surface area (Å²) >= 11 is 0. The van der Waals surface area contributed by atoms with Gasteiger partial charge in [-0.25, -0.2) is 13.8 Å². The molecule has 0 aliphatic carbocycles. The molecule has 0 saturated carbocycles. The molecule has 0 aromatic heterocycles. The van der Waals surface area contributed by atoms with Crippen LogP contribution in [0.2, 0.25) is 0 Å². The van der Waals surface area contributed by atoms with Crippen LogP contribution >= 0.6 is 24.0 Å². The molecule has 2 aromatic carbocycles. The monoisotopic (exact) mass is 571 g/mol. The van der Waals surface area contributed by atoms with Crippen molar-refractivity contribution in [2.45, 2.75) is 39.3 Å². The molecule has 1 saturated heterocycles. The van der Waals surface area contributed by atoms with Crippen molar-refractivity contribution in [3.8, 4) is 0 Å². The van der Waals surface area contributed by atoms with Crippen LogP contribution in [0.25, 0.3) is 0 Å². The number of rotatable bonds is 8. The highest BCUT2D eigenvalue weighted by Gasteiger charge is 2.27. The molecule has 0 bridgehead atoms. The third kappa shape index (κ3) is 7.55. The number of anilines is 1. The second kappa shape index (κ2) is 13.3. The van der Waals surface area contributed by atoms with Crippen LogP contribution in [0.5, 0.6) is 0 Å². The third-order valence-electron chi connectivity index (χ3n) is 5.27. The zero-order valence-electron chi connectivity index (χ0n) is 19.0. The summed E-state index contributed by atoms with van der Waals surface area (Å²) in [5.41, 5.74) is 1.56. The number of carbonyl (C=O) groups is 1. The van der Waals surface area contributed by atoms with Crippen molar-refractivity contribution in [1.82, 2.24) is 16.0 Å². The van der Waals surface area contributed by atoms with Gasteiger partial charge in [0.05, 0.1) is 6.54 Å². The molecule has 1 amide bonds. The second-order valence-electron chi connectivity index (χ2n) is 7.80. The smallest absolute Gasteiger partial charge is 0.251 e. The number of amides is 1. The molecule has 1 fully saturated rings. The summed E-state index contributed by atoms with van der Waals surface area (Å²) < 4.78 is 28.2. The van der Waals surface area contributed by atoms with Gasteiger partial charge >= 0.3 is 0 Å². The summed E-state index contributed by atoms with van der Waals surface area (Å²) in [6.45, 7) is 6.76. The molecular weight excluding hydrogens is 539 g/mol. The van der Waals surface area contributed by atoms with Gasteiger partial charge in [-0.15, -0.1) is 24.0 Å². The van der Waals surface area contributed by atoms with Crippen molar-refractivity contribution in [2.75, 3.05) is 31.1 Å². The van der Waals surface area contributed by atoms with Crippen LogP contribution in [-0.4, -0.2) is 44.1 Å². The molecule has 2 aromatic rings. The molecule has 3 rings (SSSR count). The number of nitrogens with one attached hydrogen (secondary N) is 3. The van der Waals surface area contributed by atoms with Crippen LogP contribution < -0.4 is 20.9 Å². The molecule has 1 atom stereocenters. The van der Waals surface area contributed by atoms with E-state index in [-0.39, 0.29) is 41.6 Å². The fraction of sp³-hybridized carbons (Fsp3) is 0.417. The van der Waals surface area contributed by atoms with Gasteiger partial charge in [0.25, 0.3) is 5.91 Å². The van der Waals surface area contributed by atoms with E-state index in [1.54, 1.807) is 11.0 Å². The molecule has 1 unspecified atom stereocenters. The maximum atomic E-state index is 14.1. The Morgan fingerprint density at radius 3 is 2.55 bits per heavy atom. The first-order valence-corrected chi connectivity index (χ1v) is 11.1. The first-order chi connectivity index (χ1) is 15.5. The van der Waals surface area contributed by atoms with E-state index in [1.807, 2.05) is 32.0 Å². The topological polar surface area (TPSA) is 68.8 Å². The lowest BCUT2D eigenvalue weighted by Gasteiger charge is -2.21. The Morgan fingerprint density at radius 2 is 1.85 bits per heavy atom. The quantitative estimate of drug-likeness (QED) is 0.254. The minimum Gasteiger partial charge on any atom is -0.365 e. The first kappa shape index (κ1) is 26.8. The molecule has 3 N–H and O–H groups in total. The summed E-state index contributed by atoms with van der Waals surface area (Å²) in [6.07, 6.45) is 1.63. The summed E-state index contributed by atoms with van der Waals surface area (Å²) in [6, 6.07) is 11.4. The Hall–Kier alpha value is -2.43. The highest BCUT2D eigenvalue weighted by Crippen LogP contribution is 2.26. The maximum absolute atomic E-state index is 14.1. The van der Waals surface area contributed by atoms with E-state index in [0.717, 1.165) is 18.4 Å². The number of nitrogens with zero attached hydrogens (tertiary/aromatic N) is 2. The molecule has 9 heteroatoms. The van der Waals surface area contributed by atoms with Crippen LogP contribution in [0.3, 0.4) is 0 Å². The molecule has 1 heterocycles. The predicted molar refractivity (Wildman–Crippen MR) is 139 cm³/mol. The predicted octanol–water partition coefficient (Wildman–Crippen LogP) is 4.06. The Balaban J connectivity index is 0.00000385.